The summed E-state index contributed by atoms with van der Waals surface area (Å²) in [5.41, 5.74) is 0.822. The van der Waals surface area contributed by atoms with Gasteiger partial charge in [0.1, 0.15) is 0 Å². The Kier molecular flexibility index (Phi) is 4.54. The topological polar surface area (TPSA) is 63.2 Å². The van der Waals surface area contributed by atoms with Crippen LogP contribution in [0, 0.1) is 5.92 Å². The second kappa shape index (κ2) is 5.51. The van der Waals surface area contributed by atoms with Crippen molar-refractivity contribution >= 4 is 25.6 Å². The molecule has 17 heavy (non-hydrogen) atoms. The number of rotatable bonds is 4. The smallest absolute Gasteiger partial charge is 0.261 e. The fraction of sp³-hybridized carbons (Fsp3) is 0.364. The first kappa shape index (κ1) is 14.0. The lowest BCUT2D eigenvalue weighted by Gasteiger charge is -2.07. The van der Waals surface area contributed by atoms with Gasteiger partial charge in [0, 0.05) is 23.1 Å². The van der Waals surface area contributed by atoms with Crippen molar-refractivity contribution in [2.45, 2.75) is 25.3 Å². The van der Waals surface area contributed by atoms with E-state index in [1.165, 1.54) is 12.1 Å². The van der Waals surface area contributed by atoms with E-state index < -0.39 is 9.05 Å². The van der Waals surface area contributed by atoms with E-state index >= 15 is 0 Å². The van der Waals surface area contributed by atoms with E-state index in [1.807, 2.05) is 0 Å². The zero-order valence-corrected chi connectivity index (χ0v) is 11.2. The normalized spacial score (nSPS) is 11.5. The van der Waals surface area contributed by atoms with Crippen molar-refractivity contribution in [1.82, 2.24) is 5.32 Å². The van der Waals surface area contributed by atoms with Gasteiger partial charge in [-0.05, 0) is 17.7 Å². The van der Waals surface area contributed by atoms with Crippen molar-refractivity contribution in [3.63, 3.8) is 0 Å². The third-order valence-corrected chi connectivity index (χ3v) is 3.57. The number of halogens is 1. The van der Waals surface area contributed by atoms with Crippen molar-refractivity contribution in [3.8, 4) is 0 Å². The van der Waals surface area contributed by atoms with Gasteiger partial charge < -0.3 is 5.32 Å². The van der Waals surface area contributed by atoms with E-state index in [0.29, 0.717) is 6.54 Å². The highest BCUT2D eigenvalue weighted by atomic mass is 35.7. The summed E-state index contributed by atoms with van der Waals surface area (Å²) in [5, 5.41) is 2.74. The van der Waals surface area contributed by atoms with E-state index in [-0.39, 0.29) is 16.7 Å². The number of hydrogen-bond donors (Lipinski definition) is 1. The van der Waals surface area contributed by atoms with Gasteiger partial charge in [-0.2, -0.15) is 0 Å². The molecule has 4 nitrogen and oxygen atoms in total. The zero-order valence-electron chi connectivity index (χ0n) is 9.60. The minimum atomic E-state index is -3.68. The summed E-state index contributed by atoms with van der Waals surface area (Å²) in [7, 11) is 1.50. The first-order valence-corrected chi connectivity index (χ1v) is 7.43. The zero-order chi connectivity index (χ0) is 13.1. The minimum Gasteiger partial charge on any atom is -0.352 e. The monoisotopic (exact) mass is 275 g/mol. The summed E-state index contributed by atoms with van der Waals surface area (Å²) in [5.74, 6) is -0.114. The summed E-state index contributed by atoms with van der Waals surface area (Å²) in [6.45, 7) is 3.98. The molecule has 0 bridgehead atoms. The van der Waals surface area contributed by atoms with Gasteiger partial charge in [-0.25, -0.2) is 8.42 Å². The van der Waals surface area contributed by atoms with Crippen LogP contribution in [-0.2, 0) is 20.4 Å². The Balaban J connectivity index is 2.67. The maximum Gasteiger partial charge on any atom is 0.261 e. The van der Waals surface area contributed by atoms with Gasteiger partial charge in [-0.1, -0.05) is 26.0 Å². The van der Waals surface area contributed by atoms with Gasteiger partial charge in [-0.15, -0.1) is 0 Å². The van der Waals surface area contributed by atoms with E-state index in [9.17, 15) is 13.2 Å². The number of carbonyl (C=O) groups excluding carboxylic acids is 1. The number of hydrogen-bond acceptors (Lipinski definition) is 3. The van der Waals surface area contributed by atoms with Gasteiger partial charge >= 0.3 is 0 Å². The number of amides is 1. The molecule has 0 aliphatic rings. The molecule has 6 heteroatoms. The third kappa shape index (κ3) is 4.36. The average Bonchev–Trinajstić information content (AvgIpc) is 2.25. The standard InChI is InChI=1S/C11H14ClNO3S/c1-8(2)11(14)13-7-9-3-5-10(6-4-9)17(12,15)16/h3-6,8H,7H2,1-2H3,(H,13,14). The second-order valence-electron chi connectivity index (χ2n) is 3.95. The first-order chi connectivity index (χ1) is 7.80. The van der Waals surface area contributed by atoms with E-state index in [2.05, 4.69) is 5.32 Å². The van der Waals surface area contributed by atoms with Crippen LogP contribution in [0.3, 0.4) is 0 Å². The lowest BCUT2D eigenvalue weighted by atomic mass is 10.2. The van der Waals surface area contributed by atoms with E-state index in [0.717, 1.165) is 5.56 Å². The summed E-state index contributed by atoms with van der Waals surface area (Å²) in [4.78, 5) is 11.4. The summed E-state index contributed by atoms with van der Waals surface area (Å²) in [6.07, 6.45) is 0. The fourth-order valence-electron chi connectivity index (χ4n) is 1.16. The molecule has 0 spiro atoms. The van der Waals surface area contributed by atoms with Crippen molar-refractivity contribution in [2.75, 3.05) is 0 Å². The van der Waals surface area contributed by atoms with Crippen molar-refractivity contribution in [1.29, 1.82) is 0 Å². The molecule has 1 aromatic rings. The fourth-order valence-corrected chi connectivity index (χ4v) is 1.93. The molecule has 0 aromatic heterocycles. The van der Waals surface area contributed by atoms with Crippen molar-refractivity contribution < 1.29 is 13.2 Å². The molecule has 0 atom stereocenters. The predicted molar refractivity (Wildman–Crippen MR) is 66.2 cm³/mol. The van der Waals surface area contributed by atoms with Crippen molar-refractivity contribution in [2.24, 2.45) is 5.92 Å². The van der Waals surface area contributed by atoms with Crippen LogP contribution in [0.25, 0.3) is 0 Å². The van der Waals surface area contributed by atoms with E-state index in [4.69, 9.17) is 10.7 Å². The summed E-state index contributed by atoms with van der Waals surface area (Å²) in [6, 6.07) is 6.07. The number of benzene rings is 1. The molecular formula is C11H14ClNO3S. The molecule has 1 rings (SSSR count). The molecule has 0 unspecified atom stereocenters. The number of carbonyl (C=O) groups is 1. The Morgan fingerprint density at radius 3 is 2.24 bits per heavy atom. The molecule has 1 aromatic carbocycles. The maximum atomic E-state index is 11.3. The highest BCUT2D eigenvalue weighted by Gasteiger charge is 2.09. The molecule has 0 radical (unpaired) electrons. The van der Waals surface area contributed by atoms with Crippen LogP contribution in [-0.4, -0.2) is 14.3 Å². The minimum absolute atomic E-state index is 0.0426. The molecule has 94 valence electrons. The van der Waals surface area contributed by atoms with Gasteiger partial charge in [0.25, 0.3) is 9.05 Å². The Labute approximate surface area is 105 Å². The molecule has 0 aliphatic carbocycles. The Hall–Kier alpha value is -1.07. The Morgan fingerprint density at radius 2 is 1.82 bits per heavy atom. The highest BCUT2D eigenvalue weighted by molar-refractivity contribution is 8.13. The molecule has 1 N–H and O–H groups in total. The van der Waals surface area contributed by atoms with Gasteiger partial charge in [0.2, 0.25) is 5.91 Å². The lowest BCUT2D eigenvalue weighted by molar-refractivity contribution is -0.124. The number of nitrogens with one attached hydrogen (secondary N) is 1. The van der Waals surface area contributed by atoms with Crippen LogP contribution in [0.2, 0.25) is 0 Å². The van der Waals surface area contributed by atoms with Crippen molar-refractivity contribution in [3.05, 3.63) is 29.8 Å². The van der Waals surface area contributed by atoms with E-state index in [1.54, 1.807) is 26.0 Å². The quantitative estimate of drug-likeness (QED) is 0.854. The lowest BCUT2D eigenvalue weighted by Crippen LogP contribution is -2.27. The SMILES string of the molecule is CC(C)C(=O)NCc1ccc(S(=O)(=O)Cl)cc1. The maximum absolute atomic E-state index is 11.3. The molecule has 0 saturated heterocycles. The third-order valence-electron chi connectivity index (χ3n) is 2.20. The van der Waals surface area contributed by atoms with Crippen LogP contribution in [0.4, 0.5) is 0 Å². The van der Waals surface area contributed by atoms with Crippen LogP contribution in [0.15, 0.2) is 29.2 Å². The summed E-state index contributed by atoms with van der Waals surface area (Å²) < 4.78 is 22.0. The van der Waals surface area contributed by atoms with Crippen LogP contribution >= 0.6 is 10.7 Å². The molecule has 1 amide bonds. The first-order valence-electron chi connectivity index (χ1n) is 5.12. The largest absolute Gasteiger partial charge is 0.352 e. The molecule has 0 heterocycles. The molecule has 0 fully saturated rings. The molecule has 0 aliphatic heterocycles. The Bertz CT molecular complexity index is 494. The predicted octanol–water partition coefficient (Wildman–Crippen LogP) is 1.89. The van der Waals surface area contributed by atoms with Gasteiger partial charge in [0.15, 0.2) is 0 Å². The van der Waals surface area contributed by atoms with Crippen LogP contribution < -0.4 is 5.32 Å². The van der Waals surface area contributed by atoms with Gasteiger partial charge in [-0.3, -0.25) is 4.79 Å². The van der Waals surface area contributed by atoms with Crippen LogP contribution in [0.1, 0.15) is 19.4 Å². The Morgan fingerprint density at radius 1 is 1.29 bits per heavy atom. The molecule has 0 saturated carbocycles. The molecular weight excluding hydrogens is 262 g/mol. The second-order valence-corrected chi connectivity index (χ2v) is 6.52. The highest BCUT2D eigenvalue weighted by Crippen LogP contribution is 2.15. The summed E-state index contributed by atoms with van der Waals surface area (Å²) >= 11 is 0. The average molecular weight is 276 g/mol. The van der Waals surface area contributed by atoms with Crippen LogP contribution in [0.5, 0.6) is 0 Å². The van der Waals surface area contributed by atoms with Gasteiger partial charge in [0.05, 0.1) is 4.90 Å².